The number of benzene rings is 3. The van der Waals surface area contributed by atoms with Gasteiger partial charge in [0.2, 0.25) is 0 Å². The number of nitrogens with zero attached hydrogens (tertiary/aromatic N) is 4. The van der Waals surface area contributed by atoms with Crippen LogP contribution in [0.2, 0.25) is 0 Å². The summed E-state index contributed by atoms with van der Waals surface area (Å²) in [5.41, 5.74) is 7.60. The van der Waals surface area contributed by atoms with Crippen LogP contribution >= 0.6 is 0 Å². The van der Waals surface area contributed by atoms with Gasteiger partial charge in [-0.1, -0.05) is 85.3 Å². The van der Waals surface area contributed by atoms with E-state index < -0.39 is 0 Å². The number of carbonyl (C=O) groups excluding carboxylic acids is 1. The van der Waals surface area contributed by atoms with Crippen LogP contribution in [0.3, 0.4) is 0 Å². The Morgan fingerprint density at radius 1 is 0.923 bits per heavy atom. The first-order valence-electron chi connectivity index (χ1n) is 13.6. The normalized spacial score (nSPS) is 14.4. The number of hydrogen-bond acceptors (Lipinski definition) is 2. The first kappa shape index (κ1) is 24.7. The van der Waals surface area contributed by atoms with Crippen LogP contribution < -0.4 is 5.32 Å². The maximum atomic E-state index is 14.0. The lowest BCUT2D eigenvalue weighted by atomic mass is 10.0. The van der Waals surface area contributed by atoms with Gasteiger partial charge in [-0.15, -0.1) is 0 Å². The van der Waals surface area contributed by atoms with Crippen molar-refractivity contribution in [3.63, 3.8) is 0 Å². The Labute approximate surface area is 229 Å². The van der Waals surface area contributed by atoms with Crippen molar-refractivity contribution in [2.75, 3.05) is 6.54 Å². The van der Waals surface area contributed by atoms with Crippen LogP contribution in [-0.4, -0.2) is 31.8 Å². The fourth-order valence-electron chi connectivity index (χ4n) is 5.51. The van der Waals surface area contributed by atoms with Crippen molar-refractivity contribution in [3.8, 4) is 11.5 Å². The average Bonchev–Trinajstić information content (AvgIpc) is 3.56. The molecule has 0 saturated carbocycles. The number of para-hydroxylation sites is 1. The van der Waals surface area contributed by atoms with E-state index >= 15 is 0 Å². The Morgan fingerprint density at radius 2 is 1.64 bits per heavy atom. The molecule has 196 valence electrons. The molecule has 3 heterocycles. The monoisotopic (exact) mass is 515 g/mol. The first-order valence-corrected chi connectivity index (χ1v) is 13.6. The molecule has 1 aliphatic heterocycles. The maximum Gasteiger partial charge on any atom is 0.318 e. The third-order valence-electron chi connectivity index (χ3n) is 7.49. The number of amides is 2. The van der Waals surface area contributed by atoms with Crippen molar-refractivity contribution in [2.45, 2.75) is 39.3 Å². The number of nitrogens with one attached hydrogen (secondary N) is 1. The molecule has 6 heteroatoms. The van der Waals surface area contributed by atoms with E-state index in [-0.39, 0.29) is 12.1 Å². The van der Waals surface area contributed by atoms with E-state index in [1.165, 1.54) is 11.1 Å². The second-order valence-electron chi connectivity index (χ2n) is 10.1. The number of rotatable bonds is 6. The molecule has 0 bridgehead atoms. The molecule has 1 atom stereocenters. The molecular formula is C33H33N5O. The van der Waals surface area contributed by atoms with E-state index in [9.17, 15) is 4.79 Å². The number of aromatic nitrogens is 3. The molecule has 6 nitrogen and oxygen atoms in total. The highest BCUT2D eigenvalue weighted by Gasteiger charge is 2.36. The van der Waals surface area contributed by atoms with Gasteiger partial charge in [0.05, 0.1) is 29.7 Å². The largest absolute Gasteiger partial charge is 0.338 e. The van der Waals surface area contributed by atoms with Crippen molar-refractivity contribution in [1.82, 2.24) is 24.6 Å². The third-order valence-corrected chi connectivity index (χ3v) is 7.49. The molecule has 0 aliphatic carbocycles. The van der Waals surface area contributed by atoms with Crippen molar-refractivity contribution < 1.29 is 4.79 Å². The summed E-state index contributed by atoms with van der Waals surface area (Å²) in [5.74, 6) is 0.995. The Balaban J connectivity index is 1.45. The van der Waals surface area contributed by atoms with Crippen molar-refractivity contribution >= 4 is 6.03 Å². The van der Waals surface area contributed by atoms with E-state index in [1.54, 1.807) is 0 Å². The average molecular weight is 516 g/mol. The van der Waals surface area contributed by atoms with Gasteiger partial charge in [-0.2, -0.15) is 5.10 Å². The van der Waals surface area contributed by atoms with Crippen LogP contribution in [0.5, 0.6) is 0 Å². The molecule has 0 fully saturated rings. The SMILES string of the molecule is CCc1nn(-c2ccccc2)c2c1CN(C(=O)NCCc1ccccc1)[C@@H](c1ccc(C)cc1)c1cccn1-2. The van der Waals surface area contributed by atoms with Crippen LogP contribution in [0.25, 0.3) is 11.5 Å². The summed E-state index contributed by atoms with van der Waals surface area (Å²) in [6.45, 7) is 5.24. The molecule has 0 saturated heterocycles. The van der Waals surface area contributed by atoms with Crippen molar-refractivity contribution in [2.24, 2.45) is 0 Å². The first-order chi connectivity index (χ1) is 19.1. The van der Waals surface area contributed by atoms with E-state index in [0.29, 0.717) is 13.1 Å². The third kappa shape index (κ3) is 4.74. The summed E-state index contributed by atoms with van der Waals surface area (Å²) >= 11 is 0. The smallest absolute Gasteiger partial charge is 0.318 e. The number of hydrogen-bond donors (Lipinski definition) is 1. The van der Waals surface area contributed by atoms with Gasteiger partial charge in [-0.25, -0.2) is 9.48 Å². The Kier molecular flexibility index (Phi) is 6.76. The minimum atomic E-state index is -0.251. The highest BCUT2D eigenvalue weighted by molar-refractivity contribution is 5.76. The van der Waals surface area contributed by atoms with E-state index in [4.69, 9.17) is 5.10 Å². The molecule has 0 unspecified atom stereocenters. The number of aryl methyl sites for hydroxylation is 2. The van der Waals surface area contributed by atoms with Gasteiger partial charge >= 0.3 is 6.03 Å². The molecule has 2 aromatic heterocycles. The fourth-order valence-corrected chi connectivity index (χ4v) is 5.51. The summed E-state index contributed by atoms with van der Waals surface area (Å²) in [4.78, 5) is 16.0. The molecule has 0 spiro atoms. The fraction of sp³-hybridized carbons (Fsp3) is 0.212. The van der Waals surface area contributed by atoms with E-state index in [1.807, 2.05) is 46.0 Å². The maximum absolute atomic E-state index is 14.0. The Morgan fingerprint density at radius 3 is 2.36 bits per heavy atom. The van der Waals surface area contributed by atoms with Gasteiger partial charge in [0.1, 0.15) is 5.82 Å². The molecule has 5 aromatic rings. The van der Waals surface area contributed by atoms with Gasteiger partial charge in [0, 0.05) is 18.3 Å². The van der Waals surface area contributed by atoms with E-state index in [2.05, 4.69) is 90.6 Å². The lowest BCUT2D eigenvalue weighted by Gasteiger charge is -2.31. The predicted octanol–water partition coefficient (Wildman–Crippen LogP) is 6.39. The van der Waals surface area contributed by atoms with Crippen LogP contribution in [0.4, 0.5) is 4.79 Å². The van der Waals surface area contributed by atoms with Crippen LogP contribution in [-0.2, 0) is 19.4 Å². The van der Waals surface area contributed by atoms with Crippen LogP contribution in [0.15, 0.2) is 103 Å². The van der Waals surface area contributed by atoms with E-state index in [0.717, 1.165) is 46.9 Å². The summed E-state index contributed by atoms with van der Waals surface area (Å²) in [7, 11) is 0. The van der Waals surface area contributed by atoms with Gasteiger partial charge in [-0.3, -0.25) is 0 Å². The molecule has 3 aromatic carbocycles. The number of carbonyl (C=O) groups is 1. The molecular weight excluding hydrogens is 482 g/mol. The molecule has 2 amide bonds. The quantitative estimate of drug-likeness (QED) is 0.285. The molecule has 1 aliphatic rings. The predicted molar refractivity (Wildman–Crippen MR) is 154 cm³/mol. The lowest BCUT2D eigenvalue weighted by Crippen LogP contribution is -2.42. The summed E-state index contributed by atoms with van der Waals surface area (Å²) in [6, 6.07) is 32.9. The zero-order chi connectivity index (χ0) is 26.8. The van der Waals surface area contributed by atoms with Crippen molar-refractivity contribution in [3.05, 3.63) is 137 Å². The second-order valence-corrected chi connectivity index (χ2v) is 10.1. The Bertz CT molecular complexity index is 1570. The highest BCUT2D eigenvalue weighted by Crippen LogP contribution is 2.38. The van der Waals surface area contributed by atoms with Gasteiger partial charge in [0.25, 0.3) is 0 Å². The summed E-state index contributed by atoms with van der Waals surface area (Å²) < 4.78 is 4.25. The van der Waals surface area contributed by atoms with Crippen LogP contribution in [0, 0.1) is 6.92 Å². The minimum Gasteiger partial charge on any atom is -0.338 e. The zero-order valence-corrected chi connectivity index (χ0v) is 22.4. The van der Waals surface area contributed by atoms with Gasteiger partial charge in [-0.05, 0) is 55.2 Å². The Hall–Kier alpha value is -4.58. The number of fused-ring (bicyclic) bond motifs is 3. The van der Waals surface area contributed by atoms with Crippen molar-refractivity contribution in [1.29, 1.82) is 0 Å². The molecule has 0 radical (unpaired) electrons. The van der Waals surface area contributed by atoms with Gasteiger partial charge in [0.15, 0.2) is 0 Å². The standard InChI is InChI=1S/C33H33N5O/c1-3-29-28-23-37(33(39)34-21-20-25-11-6-4-7-12-25)31(26-18-16-24(2)17-19-26)30-15-10-22-36(30)32(28)38(35-29)27-13-8-5-9-14-27/h4-19,22,31H,3,20-21,23H2,1-2H3,(H,34,39)/t31-/m0/s1. The molecule has 1 N–H and O–H groups in total. The topological polar surface area (TPSA) is 55.1 Å². The molecule has 39 heavy (non-hydrogen) atoms. The summed E-state index contributed by atoms with van der Waals surface area (Å²) in [6.07, 6.45) is 3.65. The number of urea groups is 1. The second kappa shape index (κ2) is 10.7. The van der Waals surface area contributed by atoms with Crippen LogP contribution in [0.1, 0.15) is 46.6 Å². The van der Waals surface area contributed by atoms with Gasteiger partial charge < -0.3 is 14.8 Å². The molecule has 6 rings (SSSR count). The zero-order valence-electron chi connectivity index (χ0n) is 22.4. The minimum absolute atomic E-state index is 0.0772. The highest BCUT2D eigenvalue weighted by atomic mass is 16.2. The lowest BCUT2D eigenvalue weighted by molar-refractivity contribution is 0.180. The summed E-state index contributed by atoms with van der Waals surface area (Å²) in [5, 5.41) is 8.26.